The van der Waals surface area contributed by atoms with Gasteiger partial charge in [-0.2, -0.15) is 0 Å². The molecule has 1 rings (SSSR count). The van der Waals surface area contributed by atoms with Crippen molar-refractivity contribution in [2.24, 2.45) is 0 Å². The van der Waals surface area contributed by atoms with Crippen LogP contribution < -0.4 is 10.1 Å². The van der Waals surface area contributed by atoms with Gasteiger partial charge in [0, 0.05) is 0 Å². The van der Waals surface area contributed by atoms with Gasteiger partial charge in [0.25, 0.3) is 5.91 Å². The Balaban J connectivity index is 2.48. The van der Waals surface area contributed by atoms with Gasteiger partial charge in [-0.05, 0) is 30.0 Å². The molecule has 0 aromatic heterocycles. The maximum atomic E-state index is 11.6. The molecule has 0 unspecified atom stereocenters. The SMILES string of the molecule is CC[C@@H](CO)NC(=O)COc1cccc(C(C)C)c1. The largest absolute Gasteiger partial charge is 0.484 e. The van der Waals surface area contributed by atoms with Gasteiger partial charge in [-0.1, -0.05) is 32.9 Å². The van der Waals surface area contributed by atoms with E-state index in [1.54, 1.807) is 0 Å². The second kappa shape index (κ2) is 7.79. The molecule has 0 saturated heterocycles. The second-order valence-corrected chi connectivity index (χ2v) is 4.87. The molecule has 2 N–H and O–H groups in total. The van der Waals surface area contributed by atoms with Crippen LogP contribution in [-0.4, -0.2) is 30.3 Å². The minimum Gasteiger partial charge on any atom is -0.484 e. The predicted octanol–water partition coefficient (Wildman–Crippen LogP) is 2.08. The monoisotopic (exact) mass is 265 g/mol. The number of hydrogen-bond donors (Lipinski definition) is 2. The molecule has 1 aromatic carbocycles. The van der Waals surface area contributed by atoms with Crippen molar-refractivity contribution < 1.29 is 14.6 Å². The summed E-state index contributed by atoms with van der Waals surface area (Å²) in [5.41, 5.74) is 1.18. The lowest BCUT2D eigenvalue weighted by Crippen LogP contribution is -2.39. The van der Waals surface area contributed by atoms with Crippen LogP contribution in [0.5, 0.6) is 5.75 Å². The van der Waals surface area contributed by atoms with Gasteiger partial charge in [0.15, 0.2) is 6.61 Å². The van der Waals surface area contributed by atoms with Crippen LogP contribution in [0.3, 0.4) is 0 Å². The molecule has 0 aliphatic carbocycles. The summed E-state index contributed by atoms with van der Waals surface area (Å²) in [4.78, 5) is 11.6. The number of carbonyl (C=O) groups is 1. The first-order chi connectivity index (χ1) is 9.06. The third-order valence-corrected chi connectivity index (χ3v) is 2.97. The highest BCUT2D eigenvalue weighted by Gasteiger charge is 2.10. The summed E-state index contributed by atoms with van der Waals surface area (Å²) in [5, 5.41) is 11.7. The summed E-state index contributed by atoms with van der Waals surface area (Å²) >= 11 is 0. The van der Waals surface area contributed by atoms with Crippen LogP contribution in [0.4, 0.5) is 0 Å². The summed E-state index contributed by atoms with van der Waals surface area (Å²) in [6, 6.07) is 7.55. The Labute approximate surface area is 114 Å². The average molecular weight is 265 g/mol. The van der Waals surface area contributed by atoms with Crippen LogP contribution in [0.2, 0.25) is 0 Å². The Morgan fingerprint density at radius 1 is 1.42 bits per heavy atom. The van der Waals surface area contributed by atoms with Crippen molar-refractivity contribution in [3.63, 3.8) is 0 Å². The molecule has 0 aliphatic heterocycles. The Hall–Kier alpha value is -1.55. The van der Waals surface area contributed by atoms with Crippen molar-refractivity contribution in [2.45, 2.75) is 39.2 Å². The van der Waals surface area contributed by atoms with Crippen LogP contribution in [-0.2, 0) is 4.79 Å². The molecule has 0 radical (unpaired) electrons. The van der Waals surface area contributed by atoms with Gasteiger partial charge in [-0.25, -0.2) is 0 Å². The zero-order valence-electron chi connectivity index (χ0n) is 11.8. The van der Waals surface area contributed by atoms with E-state index in [2.05, 4.69) is 19.2 Å². The summed E-state index contributed by atoms with van der Waals surface area (Å²) in [6.07, 6.45) is 0.699. The minimum absolute atomic E-state index is 0.0297. The first-order valence-corrected chi connectivity index (χ1v) is 6.69. The summed E-state index contributed by atoms with van der Waals surface area (Å²) in [5.74, 6) is 0.908. The fourth-order valence-electron chi connectivity index (χ4n) is 1.66. The van der Waals surface area contributed by atoms with Crippen molar-refractivity contribution in [2.75, 3.05) is 13.2 Å². The molecule has 1 amide bonds. The molecule has 0 aliphatic rings. The van der Waals surface area contributed by atoms with Crippen molar-refractivity contribution in [1.29, 1.82) is 0 Å². The van der Waals surface area contributed by atoms with Gasteiger partial charge in [0.2, 0.25) is 0 Å². The number of amides is 1. The normalized spacial score (nSPS) is 12.3. The fourth-order valence-corrected chi connectivity index (χ4v) is 1.66. The van der Waals surface area contributed by atoms with Crippen molar-refractivity contribution >= 4 is 5.91 Å². The van der Waals surface area contributed by atoms with Crippen LogP contribution in [0.15, 0.2) is 24.3 Å². The number of benzene rings is 1. The van der Waals surface area contributed by atoms with Crippen LogP contribution in [0.25, 0.3) is 0 Å². The third kappa shape index (κ3) is 5.30. The quantitative estimate of drug-likeness (QED) is 0.793. The van der Waals surface area contributed by atoms with Crippen LogP contribution in [0.1, 0.15) is 38.7 Å². The van der Waals surface area contributed by atoms with E-state index < -0.39 is 0 Å². The molecule has 0 fully saturated rings. The summed E-state index contributed by atoms with van der Waals surface area (Å²) in [7, 11) is 0. The maximum Gasteiger partial charge on any atom is 0.258 e. The van der Waals surface area contributed by atoms with E-state index >= 15 is 0 Å². The highest BCUT2D eigenvalue weighted by Crippen LogP contribution is 2.19. The topological polar surface area (TPSA) is 58.6 Å². The van der Waals surface area contributed by atoms with Gasteiger partial charge >= 0.3 is 0 Å². The Bertz CT molecular complexity index is 400. The van der Waals surface area contributed by atoms with Gasteiger partial charge in [0.1, 0.15) is 5.75 Å². The number of ether oxygens (including phenoxy) is 1. The Kier molecular flexibility index (Phi) is 6.36. The molecule has 0 bridgehead atoms. The molecule has 0 spiro atoms. The molecule has 19 heavy (non-hydrogen) atoms. The molecular weight excluding hydrogens is 242 g/mol. The zero-order chi connectivity index (χ0) is 14.3. The van der Waals surface area contributed by atoms with Crippen LogP contribution in [0, 0.1) is 0 Å². The average Bonchev–Trinajstić information content (AvgIpc) is 2.42. The third-order valence-electron chi connectivity index (χ3n) is 2.97. The standard InChI is InChI=1S/C15H23NO3/c1-4-13(9-17)16-15(18)10-19-14-7-5-6-12(8-14)11(2)3/h5-8,11,13,17H,4,9-10H2,1-3H3,(H,16,18)/t13-/m0/s1. The molecule has 106 valence electrons. The fraction of sp³-hybridized carbons (Fsp3) is 0.533. The van der Waals surface area contributed by atoms with E-state index in [0.29, 0.717) is 18.1 Å². The maximum absolute atomic E-state index is 11.6. The van der Waals surface area contributed by atoms with E-state index in [9.17, 15) is 4.79 Å². The van der Waals surface area contributed by atoms with E-state index in [1.165, 1.54) is 5.56 Å². The number of aliphatic hydroxyl groups is 1. The molecule has 1 atom stereocenters. The first kappa shape index (κ1) is 15.5. The Morgan fingerprint density at radius 3 is 2.74 bits per heavy atom. The number of rotatable bonds is 7. The lowest BCUT2D eigenvalue weighted by atomic mass is 10.0. The summed E-state index contributed by atoms with van der Waals surface area (Å²) in [6.45, 7) is 6.05. The van der Waals surface area contributed by atoms with Gasteiger partial charge < -0.3 is 15.2 Å². The minimum atomic E-state index is -0.212. The van der Waals surface area contributed by atoms with Gasteiger partial charge in [-0.15, -0.1) is 0 Å². The van der Waals surface area contributed by atoms with E-state index in [4.69, 9.17) is 9.84 Å². The highest BCUT2D eigenvalue weighted by atomic mass is 16.5. The van der Waals surface area contributed by atoms with Crippen molar-refractivity contribution in [3.8, 4) is 5.75 Å². The molecule has 1 aromatic rings. The first-order valence-electron chi connectivity index (χ1n) is 6.69. The lowest BCUT2D eigenvalue weighted by Gasteiger charge is -2.14. The Morgan fingerprint density at radius 2 is 2.16 bits per heavy atom. The van der Waals surface area contributed by atoms with Gasteiger partial charge in [0.05, 0.1) is 12.6 Å². The lowest BCUT2D eigenvalue weighted by molar-refractivity contribution is -0.124. The summed E-state index contributed by atoms with van der Waals surface area (Å²) < 4.78 is 5.45. The smallest absolute Gasteiger partial charge is 0.258 e. The molecule has 4 nitrogen and oxygen atoms in total. The number of hydrogen-bond acceptors (Lipinski definition) is 3. The number of aliphatic hydroxyl groups excluding tert-OH is 1. The predicted molar refractivity (Wildman–Crippen MR) is 75.3 cm³/mol. The van der Waals surface area contributed by atoms with E-state index in [1.807, 2.05) is 31.2 Å². The molecule has 0 saturated carbocycles. The molecule has 4 heteroatoms. The highest BCUT2D eigenvalue weighted by molar-refractivity contribution is 5.77. The molecular formula is C15H23NO3. The second-order valence-electron chi connectivity index (χ2n) is 4.87. The van der Waals surface area contributed by atoms with E-state index in [0.717, 1.165) is 0 Å². The van der Waals surface area contributed by atoms with Crippen molar-refractivity contribution in [1.82, 2.24) is 5.32 Å². The van der Waals surface area contributed by atoms with Crippen molar-refractivity contribution in [3.05, 3.63) is 29.8 Å². The van der Waals surface area contributed by atoms with Gasteiger partial charge in [-0.3, -0.25) is 4.79 Å². The molecule has 0 heterocycles. The zero-order valence-corrected chi connectivity index (χ0v) is 11.8. The van der Waals surface area contributed by atoms with Crippen LogP contribution >= 0.6 is 0 Å². The van der Waals surface area contributed by atoms with E-state index in [-0.39, 0.29) is 25.2 Å². The number of carbonyl (C=O) groups excluding carboxylic acids is 1. The number of nitrogens with one attached hydrogen (secondary N) is 1.